The lowest BCUT2D eigenvalue weighted by Gasteiger charge is -2.41. The van der Waals surface area contributed by atoms with Crippen LogP contribution in [-0.4, -0.2) is 43.1 Å². The third-order valence-corrected chi connectivity index (χ3v) is 6.44. The highest BCUT2D eigenvalue weighted by molar-refractivity contribution is 7.89. The average Bonchev–Trinajstić information content (AvgIpc) is 2.49. The summed E-state index contributed by atoms with van der Waals surface area (Å²) in [4.78, 5) is 4.49. The molecule has 0 bridgehead atoms. The van der Waals surface area contributed by atoms with E-state index in [1.54, 1.807) is 10.5 Å². The van der Waals surface area contributed by atoms with Crippen molar-refractivity contribution in [3.05, 3.63) is 30.1 Å². The molecule has 1 aliphatic rings. The summed E-state index contributed by atoms with van der Waals surface area (Å²) in [7, 11) is -3.10. The van der Waals surface area contributed by atoms with Crippen LogP contribution in [0.2, 0.25) is 0 Å². The second-order valence-electron chi connectivity index (χ2n) is 5.75. The van der Waals surface area contributed by atoms with Gasteiger partial charge < -0.3 is 5.73 Å². The van der Waals surface area contributed by atoms with Gasteiger partial charge in [0.2, 0.25) is 10.0 Å². The van der Waals surface area contributed by atoms with Gasteiger partial charge in [0.15, 0.2) is 0 Å². The van der Waals surface area contributed by atoms with E-state index in [2.05, 4.69) is 4.98 Å². The molecule has 0 aliphatic carbocycles. The van der Waals surface area contributed by atoms with Gasteiger partial charge in [-0.05, 0) is 44.4 Å². The van der Waals surface area contributed by atoms with Crippen LogP contribution in [-0.2, 0) is 15.4 Å². The minimum atomic E-state index is -3.10. The van der Waals surface area contributed by atoms with Gasteiger partial charge in [-0.2, -0.15) is 0 Å². The van der Waals surface area contributed by atoms with E-state index in [-0.39, 0.29) is 11.2 Å². The first-order valence-electron chi connectivity index (χ1n) is 7.63. The zero-order chi connectivity index (χ0) is 15.3. The number of rotatable bonds is 6. The lowest BCUT2D eigenvalue weighted by atomic mass is 9.73. The molecule has 1 fully saturated rings. The summed E-state index contributed by atoms with van der Waals surface area (Å²) in [6, 6.07) is 5.92. The molecule has 1 aliphatic heterocycles. The van der Waals surface area contributed by atoms with Crippen LogP contribution in [0.5, 0.6) is 0 Å². The number of pyridine rings is 1. The number of aromatic nitrogens is 1. The van der Waals surface area contributed by atoms with Crippen molar-refractivity contribution in [3.63, 3.8) is 0 Å². The molecular formula is C15H25N3O2S. The molecule has 2 rings (SSSR count). The van der Waals surface area contributed by atoms with Gasteiger partial charge in [0.1, 0.15) is 0 Å². The Morgan fingerprint density at radius 2 is 2.05 bits per heavy atom. The number of piperidine rings is 1. The molecule has 0 unspecified atom stereocenters. The van der Waals surface area contributed by atoms with Gasteiger partial charge in [-0.1, -0.05) is 13.0 Å². The topological polar surface area (TPSA) is 76.3 Å². The van der Waals surface area contributed by atoms with E-state index in [4.69, 9.17) is 5.73 Å². The van der Waals surface area contributed by atoms with E-state index < -0.39 is 10.0 Å². The molecule has 1 saturated heterocycles. The molecule has 0 atom stereocenters. The number of hydrogen-bond donors (Lipinski definition) is 1. The highest BCUT2D eigenvalue weighted by Gasteiger charge is 2.39. The van der Waals surface area contributed by atoms with Crippen molar-refractivity contribution >= 4 is 10.0 Å². The van der Waals surface area contributed by atoms with E-state index in [1.807, 2.05) is 25.1 Å². The van der Waals surface area contributed by atoms with Gasteiger partial charge in [0.05, 0.1) is 5.75 Å². The summed E-state index contributed by atoms with van der Waals surface area (Å²) in [5.41, 5.74) is 6.76. The molecule has 1 aromatic heterocycles. The summed E-state index contributed by atoms with van der Waals surface area (Å²) in [5, 5.41) is 0. The van der Waals surface area contributed by atoms with Crippen LogP contribution < -0.4 is 5.73 Å². The fourth-order valence-electron chi connectivity index (χ4n) is 3.17. The monoisotopic (exact) mass is 311 g/mol. The summed E-state index contributed by atoms with van der Waals surface area (Å²) in [6.07, 6.45) is 4.90. The number of nitrogens with two attached hydrogens (primary N) is 1. The minimum absolute atomic E-state index is 0.0752. The first-order chi connectivity index (χ1) is 10.0. The van der Waals surface area contributed by atoms with Crippen LogP contribution in [0.25, 0.3) is 0 Å². The summed E-state index contributed by atoms with van der Waals surface area (Å²) in [5.74, 6) is 0.237. The van der Waals surface area contributed by atoms with Crippen LogP contribution in [0, 0.1) is 0 Å². The maximum absolute atomic E-state index is 12.2. The summed E-state index contributed by atoms with van der Waals surface area (Å²) in [6.45, 7) is 3.63. The first kappa shape index (κ1) is 16.4. The summed E-state index contributed by atoms with van der Waals surface area (Å²) >= 11 is 0. The molecule has 0 amide bonds. The van der Waals surface area contributed by atoms with Gasteiger partial charge in [0.25, 0.3) is 0 Å². The van der Waals surface area contributed by atoms with Crippen LogP contribution in [0.1, 0.15) is 38.3 Å². The lowest BCUT2D eigenvalue weighted by Crippen LogP contribution is -2.46. The number of hydrogen-bond acceptors (Lipinski definition) is 4. The molecule has 118 valence electrons. The normalized spacial score (nSPS) is 19.5. The Morgan fingerprint density at radius 1 is 1.33 bits per heavy atom. The van der Waals surface area contributed by atoms with Crippen molar-refractivity contribution in [1.82, 2.24) is 9.29 Å². The lowest BCUT2D eigenvalue weighted by molar-refractivity contribution is 0.218. The highest BCUT2D eigenvalue weighted by Crippen LogP contribution is 2.37. The third kappa shape index (κ3) is 3.62. The van der Waals surface area contributed by atoms with Gasteiger partial charge in [0, 0.05) is 30.4 Å². The molecular weight excluding hydrogens is 286 g/mol. The fraction of sp³-hybridized carbons (Fsp3) is 0.667. The van der Waals surface area contributed by atoms with E-state index in [1.165, 1.54) is 0 Å². The van der Waals surface area contributed by atoms with Crippen LogP contribution in [0.15, 0.2) is 24.4 Å². The molecule has 6 heteroatoms. The molecule has 0 aromatic carbocycles. The SMILES string of the molecule is CCCS(=O)(=O)N1CCC(CCN)(c2ccccn2)CC1. The smallest absolute Gasteiger partial charge is 0.214 e. The Balaban J connectivity index is 2.15. The van der Waals surface area contributed by atoms with E-state index >= 15 is 0 Å². The molecule has 2 heterocycles. The van der Waals surface area contributed by atoms with Gasteiger partial charge in [-0.25, -0.2) is 12.7 Å². The van der Waals surface area contributed by atoms with Crippen molar-refractivity contribution in [1.29, 1.82) is 0 Å². The van der Waals surface area contributed by atoms with Gasteiger partial charge >= 0.3 is 0 Å². The maximum Gasteiger partial charge on any atom is 0.214 e. The van der Waals surface area contributed by atoms with E-state index in [9.17, 15) is 8.42 Å². The molecule has 1 aromatic rings. The van der Waals surface area contributed by atoms with E-state index in [0.717, 1.165) is 25.0 Å². The van der Waals surface area contributed by atoms with Gasteiger partial charge in [-0.15, -0.1) is 0 Å². The van der Waals surface area contributed by atoms with Crippen molar-refractivity contribution in [2.45, 2.75) is 38.0 Å². The number of sulfonamides is 1. The average molecular weight is 311 g/mol. The maximum atomic E-state index is 12.2. The first-order valence-corrected chi connectivity index (χ1v) is 9.24. The zero-order valence-corrected chi connectivity index (χ0v) is 13.5. The fourth-order valence-corrected chi connectivity index (χ4v) is 4.68. The standard InChI is InChI=1S/C15H25N3O2S/c1-2-13-21(19,20)18-11-7-15(6-9-16,8-12-18)14-5-3-4-10-17-14/h3-5,10H,2,6-9,11-13,16H2,1H3. The van der Waals surface area contributed by atoms with Crippen molar-refractivity contribution < 1.29 is 8.42 Å². The summed E-state index contributed by atoms with van der Waals surface area (Å²) < 4.78 is 26.0. The Bertz CT molecular complexity index is 537. The van der Waals surface area contributed by atoms with E-state index in [0.29, 0.717) is 26.1 Å². The van der Waals surface area contributed by atoms with Crippen LogP contribution in [0.3, 0.4) is 0 Å². The Hall–Kier alpha value is -0.980. The van der Waals surface area contributed by atoms with Crippen LogP contribution in [0.4, 0.5) is 0 Å². The quantitative estimate of drug-likeness (QED) is 0.864. The van der Waals surface area contributed by atoms with Crippen molar-refractivity contribution in [3.8, 4) is 0 Å². The highest BCUT2D eigenvalue weighted by atomic mass is 32.2. The minimum Gasteiger partial charge on any atom is -0.330 e. The predicted octanol–water partition coefficient (Wildman–Crippen LogP) is 1.50. The van der Waals surface area contributed by atoms with Gasteiger partial charge in [-0.3, -0.25) is 4.98 Å². The molecule has 5 nitrogen and oxygen atoms in total. The van der Waals surface area contributed by atoms with Crippen molar-refractivity contribution in [2.75, 3.05) is 25.4 Å². The largest absolute Gasteiger partial charge is 0.330 e. The number of nitrogens with zero attached hydrogens (tertiary/aromatic N) is 2. The predicted molar refractivity (Wildman–Crippen MR) is 84.5 cm³/mol. The second kappa shape index (κ2) is 6.85. The Morgan fingerprint density at radius 3 is 2.57 bits per heavy atom. The molecule has 0 saturated carbocycles. The molecule has 0 spiro atoms. The third-order valence-electron chi connectivity index (χ3n) is 4.37. The second-order valence-corrected chi connectivity index (χ2v) is 7.84. The molecule has 0 radical (unpaired) electrons. The zero-order valence-electron chi connectivity index (χ0n) is 12.7. The van der Waals surface area contributed by atoms with Crippen molar-refractivity contribution in [2.24, 2.45) is 5.73 Å². The molecule has 2 N–H and O–H groups in total. The van der Waals surface area contributed by atoms with Crippen LogP contribution >= 0.6 is 0 Å². The Kier molecular flexibility index (Phi) is 5.35. The molecule has 21 heavy (non-hydrogen) atoms. The Labute approximate surface area is 127 Å².